The number of amides is 1. The highest BCUT2D eigenvalue weighted by Crippen LogP contribution is 2.22. The molecule has 0 fully saturated rings. The van der Waals surface area contributed by atoms with Gasteiger partial charge in [-0.15, -0.1) is 0 Å². The van der Waals surface area contributed by atoms with Crippen molar-refractivity contribution in [3.05, 3.63) is 54.4 Å². The van der Waals surface area contributed by atoms with Gasteiger partial charge in [-0.3, -0.25) is 0 Å². The van der Waals surface area contributed by atoms with Crippen LogP contribution in [0.5, 0.6) is 0 Å². The minimum absolute atomic E-state index is 0. The zero-order valence-electron chi connectivity index (χ0n) is 12.0. The first-order valence-corrected chi connectivity index (χ1v) is 6.44. The molecule has 0 N–H and O–H groups in total. The molecule has 0 unspecified atom stereocenters. The lowest BCUT2D eigenvalue weighted by Crippen LogP contribution is -3.00. The van der Waals surface area contributed by atoms with Gasteiger partial charge in [-0.05, 0) is 29.7 Å². The van der Waals surface area contributed by atoms with Crippen molar-refractivity contribution in [1.29, 1.82) is 0 Å². The Morgan fingerprint density at radius 2 is 1.85 bits per heavy atom. The molecule has 1 heterocycles. The maximum Gasteiger partial charge on any atom is 0.497 e. The lowest BCUT2D eigenvalue weighted by molar-refractivity contribution is -0.577. The molecule has 20 heavy (non-hydrogen) atoms. The van der Waals surface area contributed by atoms with E-state index in [-0.39, 0.29) is 18.4 Å². The first kappa shape index (κ1) is 16.2. The number of carbonyl (C=O) groups excluding carboxylic acids is 1. The summed E-state index contributed by atoms with van der Waals surface area (Å²) < 4.78 is 1.61. The van der Waals surface area contributed by atoms with E-state index in [1.54, 1.807) is 29.8 Å². The van der Waals surface area contributed by atoms with Crippen LogP contribution in [-0.4, -0.2) is 25.0 Å². The Hall–Kier alpha value is -1.87. The molecule has 0 radical (unpaired) electrons. The molecule has 106 valence electrons. The minimum atomic E-state index is -0.0455. The molecule has 3 nitrogen and oxygen atoms in total. The Morgan fingerprint density at radius 3 is 2.50 bits per heavy atom. The third-order valence-corrected chi connectivity index (χ3v) is 3.11. The number of rotatable bonds is 2. The molecule has 0 saturated carbocycles. The van der Waals surface area contributed by atoms with Gasteiger partial charge in [-0.25, -0.2) is 4.90 Å². The van der Waals surface area contributed by atoms with Gasteiger partial charge in [-0.1, -0.05) is 31.2 Å². The smallest absolute Gasteiger partial charge is 0.497 e. The maximum atomic E-state index is 12.0. The number of aryl methyl sites for hydroxylation is 1. The summed E-state index contributed by atoms with van der Waals surface area (Å²) in [6.45, 7) is 2.14. The number of halogens is 1. The molecule has 1 amide bonds. The Balaban J connectivity index is 0.00000200. The van der Waals surface area contributed by atoms with Gasteiger partial charge in [0.2, 0.25) is 0 Å². The second-order valence-electron chi connectivity index (χ2n) is 4.69. The van der Waals surface area contributed by atoms with Crippen molar-refractivity contribution in [3.8, 4) is 11.1 Å². The van der Waals surface area contributed by atoms with Gasteiger partial charge >= 0.3 is 6.03 Å². The second-order valence-corrected chi connectivity index (χ2v) is 4.69. The molecular weight excluding hydrogens is 272 g/mol. The Bertz CT molecular complexity index is 597. The average molecular weight is 291 g/mol. The lowest BCUT2D eigenvalue weighted by atomic mass is 9.99. The summed E-state index contributed by atoms with van der Waals surface area (Å²) in [5, 5.41) is 0. The normalized spacial score (nSPS) is 9.75. The molecular formula is C16H19ClN2O. The van der Waals surface area contributed by atoms with E-state index in [0.29, 0.717) is 0 Å². The van der Waals surface area contributed by atoms with Crippen molar-refractivity contribution in [1.82, 2.24) is 4.90 Å². The molecule has 0 aliphatic carbocycles. The molecule has 0 spiro atoms. The summed E-state index contributed by atoms with van der Waals surface area (Å²) in [6, 6.07) is 12.2. The summed E-state index contributed by atoms with van der Waals surface area (Å²) in [5.41, 5.74) is 3.54. The standard InChI is InChI=1S/C16H19N2O.ClH/c1-4-13-8-5-6-10-15(13)14-9-7-11-18(12-14)16(19)17(2)3;/h5-12H,4H2,1-3H3;1H/q+1;/p-1. The van der Waals surface area contributed by atoms with E-state index in [0.717, 1.165) is 12.0 Å². The molecule has 4 heteroatoms. The van der Waals surface area contributed by atoms with Crippen molar-refractivity contribution < 1.29 is 21.8 Å². The zero-order valence-corrected chi connectivity index (χ0v) is 12.8. The number of hydrogen-bond donors (Lipinski definition) is 0. The van der Waals surface area contributed by atoms with E-state index in [1.807, 2.05) is 30.5 Å². The maximum absolute atomic E-state index is 12.0. The van der Waals surface area contributed by atoms with Gasteiger partial charge in [-0.2, -0.15) is 9.36 Å². The summed E-state index contributed by atoms with van der Waals surface area (Å²) in [5.74, 6) is 0. The first-order chi connectivity index (χ1) is 9.13. The van der Waals surface area contributed by atoms with Gasteiger partial charge in [0.1, 0.15) is 6.20 Å². The predicted octanol–water partition coefficient (Wildman–Crippen LogP) is -0.263. The van der Waals surface area contributed by atoms with Crippen LogP contribution in [0.3, 0.4) is 0 Å². The van der Waals surface area contributed by atoms with Crippen LogP contribution < -0.4 is 17.0 Å². The first-order valence-electron chi connectivity index (χ1n) is 6.44. The number of nitrogens with zero attached hydrogens (tertiary/aromatic N) is 2. The van der Waals surface area contributed by atoms with Crippen molar-refractivity contribution in [2.75, 3.05) is 14.1 Å². The Kier molecular flexibility index (Phi) is 5.71. The summed E-state index contributed by atoms with van der Waals surface area (Å²) in [7, 11) is 3.50. The fraction of sp³-hybridized carbons (Fsp3) is 0.250. The highest BCUT2D eigenvalue weighted by atomic mass is 35.5. The second kappa shape index (κ2) is 7.06. The molecule has 1 aromatic carbocycles. The van der Waals surface area contributed by atoms with Crippen LogP contribution in [0.1, 0.15) is 12.5 Å². The monoisotopic (exact) mass is 290 g/mol. The molecule has 0 atom stereocenters. The number of pyridine rings is 1. The average Bonchev–Trinajstić information content (AvgIpc) is 2.46. The van der Waals surface area contributed by atoms with E-state index in [1.165, 1.54) is 11.1 Å². The molecule has 0 aliphatic rings. The van der Waals surface area contributed by atoms with Crippen LogP contribution in [0.4, 0.5) is 4.79 Å². The number of benzene rings is 1. The largest absolute Gasteiger partial charge is 1.00 e. The van der Waals surface area contributed by atoms with Gasteiger partial charge in [0, 0.05) is 5.56 Å². The van der Waals surface area contributed by atoms with Gasteiger partial charge < -0.3 is 12.4 Å². The fourth-order valence-corrected chi connectivity index (χ4v) is 2.09. The number of aromatic nitrogens is 1. The minimum Gasteiger partial charge on any atom is -1.00 e. The van der Waals surface area contributed by atoms with E-state index in [2.05, 4.69) is 19.1 Å². The molecule has 0 bridgehead atoms. The van der Waals surface area contributed by atoms with Crippen molar-refractivity contribution in [3.63, 3.8) is 0 Å². The summed E-state index contributed by atoms with van der Waals surface area (Å²) in [4.78, 5) is 13.5. The SMILES string of the molecule is CCc1ccccc1-c1ccc[n+](C(=O)N(C)C)c1.[Cl-]. The molecule has 1 aromatic heterocycles. The fourth-order valence-electron chi connectivity index (χ4n) is 2.09. The summed E-state index contributed by atoms with van der Waals surface area (Å²) in [6.07, 6.45) is 4.64. The Morgan fingerprint density at radius 1 is 1.15 bits per heavy atom. The highest BCUT2D eigenvalue weighted by molar-refractivity contribution is 5.68. The van der Waals surface area contributed by atoms with Gasteiger partial charge in [0.15, 0.2) is 0 Å². The number of hydrogen-bond acceptors (Lipinski definition) is 1. The van der Waals surface area contributed by atoms with Crippen LogP contribution in [0.15, 0.2) is 48.8 Å². The van der Waals surface area contributed by atoms with Crippen molar-refractivity contribution in [2.45, 2.75) is 13.3 Å². The van der Waals surface area contributed by atoms with Crippen molar-refractivity contribution in [2.24, 2.45) is 0 Å². The molecule has 2 aromatic rings. The van der Waals surface area contributed by atoms with E-state index in [4.69, 9.17) is 0 Å². The van der Waals surface area contributed by atoms with Crippen LogP contribution in [0, 0.1) is 0 Å². The van der Waals surface area contributed by atoms with Crippen LogP contribution in [0.2, 0.25) is 0 Å². The van der Waals surface area contributed by atoms with Gasteiger partial charge in [0.25, 0.3) is 0 Å². The predicted molar refractivity (Wildman–Crippen MR) is 75.9 cm³/mol. The van der Waals surface area contributed by atoms with Crippen LogP contribution in [0.25, 0.3) is 11.1 Å². The van der Waals surface area contributed by atoms with Crippen molar-refractivity contribution >= 4 is 6.03 Å². The summed E-state index contributed by atoms with van der Waals surface area (Å²) >= 11 is 0. The highest BCUT2D eigenvalue weighted by Gasteiger charge is 2.16. The zero-order chi connectivity index (χ0) is 13.8. The quantitative estimate of drug-likeness (QED) is 0.699. The van der Waals surface area contributed by atoms with E-state index >= 15 is 0 Å². The molecule has 0 aliphatic heterocycles. The molecule has 0 saturated heterocycles. The van der Waals surface area contributed by atoms with Gasteiger partial charge in [0.05, 0.1) is 20.3 Å². The van der Waals surface area contributed by atoms with E-state index in [9.17, 15) is 4.79 Å². The Labute approximate surface area is 126 Å². The third kappa shape index (κ3) is 3.36. The van der Waals surface area contributed by atoms with Crippen LogP contribution in [-0.2, 0) is 6.42 Å². The topological polar surface area (TPSA) is 24.2 Å². The van der Waals surface area contributed by atoms with Crippen LogP contribution >= 0.6 is 0 Å². The molecule has 2 rings (SSSR count). The van der Waals surface area contributed by atoms with E-state index < -0.39 is 0 Å². The lowest BCUT2D eigenvalue weighted by Gasteiger charge is -2.08. The number of carbonyl (C=O) groups is 1. The third-order valence-electron chi connectivity index (χ3n) is 3.11.